The van der Waals surface area contributed by atoms with Gasteiger partial charge in [-0.05, 0) is 52.9 Å². The lowest BCUT2D eigenvalue weighted by atomic mass is 9.95. The molecule has 0 bridgehead atoms. The molecule has 2 atom stereocenters. The number of hydrogen-bond acceptors (Lipinski definition) is 5. The first-order valence-electron chi connectivity index (χ1n) is 8.07. The number of aliphatic hydroxyl groups is 1. The fourth-order valence-corrected chi connectivity index (χ4v) is 2.36. The summed E-state index contributed by atoms with van der Waals surface area (Å²) in [7, 11) is 0. The molecule has 1 rings (SSSR count). The van der Waals surface area contributed by atoms with E-state index in [4.69, 9.17) is 14.2 Å². The Morgan fingerprint density at radius 2 is 2.14 bits per heavy atom. The van der Waals surface area contributed by atoms with Crippen molar-refractivity contribution < 1.29 is 24.1 Å². The maximum Gasteiger partial charge on any atom is 0.303 e. The third kappa shape index (κ3) is 7.92. The van der Waals surface area contributed by atoms with Crippen LogP contribution in [0.1, 0.15) is 59.8 Å². The van der Waals surface area contributed by atoms with Gasteiger partial charge in [0.1, 0.15) is 6.10 Å². The molecule has 0 aromatic rings. The predicted molar refractivity (Wildman–Crippen MR) is 84.4 cm³/mol. The van der Waals surface area contributed by atoms with Gasteiger partial charge in [0, 0.05) is 13.5 Å². The molecule has 0 amide bonds. The highest BCUT2D eigenvalue weighted by atomic mass is 16.7. The van der Waals surface area contributed by atoms with E-state index in [1.165, 1.54) is 6.92 Å². The lowest BCUT2D eigenvalue weighted by molar-refractivity contribution is -0.160. The maximum atomic E-state index is 11.1. The molecule has 0 aliphatic carbocycles. The number of ether oxygens (including phenoxy) is 3. The number of hydrogen-bond donors (Lipinski definition) is 1. The Morgan fingerprint density at radius 3 is 2.68 bits per heavy atom. The third-order valence-electron chi connectivity index (χ3n) is 3.75. The largest absolute Gasteiger partial charge is 0.460 e. The monoisotopic (exact) mass is 314 g/mol. The molecule has 0 radical (unpaired) electrons. The standard InChI is InChI=1S/C17H30O5/c1-13(10-12-21-16-7-5-6-11-20-16)8-9-15(17(3,4)19)22-14(2)18/h10,15-16,19H,5-9,11-12H2,1-4H3/b13-10+/t15-,16-/m0/s1. The Bertz CT molecular complexity index is 364. The van der Waals surface area contributed by atoms with E-state index in [9.17, 15) is 9.90 Å². The highest BCUT2D eigenvalue weighted by Gasteiger charge is 2.29. The van der Waals surface area contributed by atoms with Gasteiger partial charge in [-0.25, -0.2) is 0 Å². The second kappa shape index (κ2) is 9.28. The van der Waals surface area contributed by atoms with Gasteiger partial charge in [-0.3, -0.25) is 4.79 Å². The minimum Gasteiger partial charge on any atom is -0.460 e. The molecule has 5 heteroatoms. The lowest BCUT2D eigenvalue weighted by Crippen LogP contribution is -2.39. The molecule has 1 aliphatic heterocycles. The van der Waals surface area contributed by atoms with Crippen LogP contribution in [0.15, 0.2) is 11.6 Å². The highest BCUT2D eigenvalue weighted by molar-refractivity contribution is 5.66. The zero-order valence-corrected chi connectivity index (χ0v) is 14.3. The van der Waals surface area contributed by atoms with Gasteiger partial charge in [0.25, 0.3) is 0 Å². The van der Waals surface area contributed by atoms with Gasteiger partial charge in [-0.1, -0.05) is 11.6 Å². The van der Waals surface area contributed by atoms with Crippen molar-refractivity contribution in [3.05, 3.63) is 11.6 Å². The normalized spacial score (nSPS) is 21.5. The van der Waals surface area contributed by atoms with Crippen LogP contribution in [0.4, 0.5) is 0 Å². The first kappa shape index (κ1) is 19.1. The average Bonchev–Trinajstić information content (AvgIpc) is 2.43. The van der Waals surface area contributed by atoms with Crippen molar-refractivity contribution in [2.24, 2.45) is 0 Å². The molecule has 0 saturated carbocycles. The Kier molecular flexibility index (Phi) is 8.07. The quantitative estimate of drug-likeness (QED) is 0.551. The van der Waals surface area contributed by atoms with Crippen molar-refractivity contribution in [1.82, 2.24) is 0 Å². The molecule has 0 spiro atoms. The van der Waals surface area contributed by atoms with Crippen molar-refractivity contribution >= 4 is 5.97 Å². The van der Waals surface area contributed by atoms with Crippen molar-refractivity contribution in [1.29, 1.82) is 0 Å². The number of allylic oxidation sites excluding steroid dienone is 1. The van der Waals surface area contributed by atoms with Crippen molar-refractivity contribution in [2.45, 2.75) is 77.8 Å². The Morgan fingerprint density at radius 1 is 1.41 bits per heavy atom. The van der Waals surface area contributed by atoms with E-state index in [-0.39, 0.29) is 12.3 Å². The van der Waals surface area contributed by atoms with Crippen LogP contribution in [-0.4, -0.2) is 42.3 Å². The number of carbonyl (C=O) groups excluding carboxylic acids is 1. The minimum absolute atomic E-state index is 0.0806. The Balaban J connectivity index is 2.33. The molecule has 1 N–H and O–H groups in total. The van der Waals surface area contributed by atoms with Crippen LogP contribution in [0.25, 0.3) is 0 Å². The van der Waals surface area contributed by atoms with Gasteiger partial charge >= 0.3 is 5.97 Å². The van der Waals surface area contributed by atoms with Crippen LogP contribution in [0.3, 0.4) is 0 Å². The molecule has 1 heterocycles. The zero-order chi connectivity index (χ0) is 16.6. The molecule has 1 saturated heterocycles. The summed E-state index contributed by atoms with van der Waals surface area (Å²) in [6.45, 7) is 7.99. The first-order valence-corrected chi connectivity index (χ1v) is 8.07. The molecule has 0 aromatic carbocycles. The van der Waals surface area contributed by atoms with Crippen LogP contribution in [0.2, 0.25) is 0 Å². The highest BCUT2D eigenvalue weighted by Crippen LogP contribution is 2.20. The van der Waals surface area contributed by atoms with Gasteiger partial charge < -0.3 is 19.3 Å². The second-order valence-electron chi connectivity index (χ2n) is 6.47. The molecule has 22 heavy (non-hydrogen) atoms. The van der Waals surface area contributed by atoms with Gasteiger partial charge in [-0.2, -0.15) is 0 Å². The molecular weight excluding hydrogens is 284 g/mol. The molecule has 5 nitrogen and oxygen atoms in total. The molecule has 1 fully saturated rings. The van der Waals surface area contributed by atoms with Gasteiger partial charge in [0.15, 0.2) is 6.29 Å². The summed E-state index contributed by atoms with van der Waals surface area (Å²) in [6, 6.07) is 0. The zero-order valence-electron chi connectivity index (χ0n) is 14.3. The van der Waals surface area contributed by atoms with Crippen LogP contribution >= 0.6 is 0 Å². The summed E-state index contributed by atoms with van der Waals surface area (Å²) < 4.78 is 16.4. The summed E-state index contributed by atoms with van der Waals surface area (Å²) in [5.74, 6) is -0.369. The van der Waals surface area contributed by atoms with E-state index < -0.39 is 11.7 Å². The Hall–Kier alpha value is -0.910. The lowest BCUT2D eigenvalue weighted by Gasteiger charge is -2.28. The molecule has 128 valence electrons. The van der Waals surface area contributed by atoms with E-state index in [0.717, 1.165) is 37.9 Å². The minimum atomic E-state index is -1.04. The van der Waals surface area contributed by atoms with Crippen LogP contribution < -0.4 is 0 Å². The van der Waals surface area contributed by atoms with Gasteiger partial charge in [0.05, 0.1) is 12.2 Å². The molecular formula is C17H30O5. The van der Waals surface area contributed by atoms with E-state index in [2.05, 4.69) is 0 Å². The number of esters is 1. The van der Waals surface area contributed by atoms with Gasteiger partial charge in [-0.15, -0.1) is 0 Å². The van der Waals surface area contributed by atoms with Crippen molar-refractivity contribution in [3.63, 3.8) is 0 Å². The molecule has 0 unspecified atom stereocenters. The summed E-state index contributed by atoms with van der Waals surface area (Å²) in [5, 5.41) is 10.0. The fourth-order valence-electron chi connectivity index (χ4n) is 2.36. The smallest absolute Gasteiger partial charge is 0.303 e. The Labute approximate surface area is 133 Å². The summed E-state index contributed by atoms with van der Waals surface area (Å²) in [4.78, 5) is 11.1. The summed E-state index contributed by atoms with van der Waals surface area (Å²) in [6.07, 6.45) is 6.00. The third-order valence-corrected chi connectivity index (χ3v) is 3.75. The predicted octanol–water partition coefficient (Wildman–Crippen LogP) is 2.96. The average molecular weight is 314 g/mol. The first-order chi connectivity index (χ1) is 10.3. The molecule has 0 aromatic heterocycles. The molecule has 1 aliphatic rings. The van der Waals surface area contributed by atoms with E-state index in [1.54, 1.807) is 13.8 Å². The van der Waals surface area contributed by atoms with E-state index in [0.29, 0.717) is 13.0 Å². The van der Waals surface area contributed by atoms with Crippen LogP contribution in [0, 0.1) is 0 Å². The topological polar surface area (TPSA) is 65.0 Å². The fraction of sp³-hybridized carbons (Fsp3) is 0.824. The van der Waals surface area contributed by atoms with Gasteiger partial charge in [0.2, 0.25) is 0 Å². The van der Waals surface area contributed by atoms with Crippen molar-refractivity contribution in [2.75, 3.05) is 13.2 Å². The summed E-state index contributed by atoms with van der Waals surface area (Å²) in [5.41, 5.74) is 0.107. The van der Waals surface area contributed by atoms with E-state index in [1.807, 2.05) is 13.0 Å². The number of rotatable bonds is 8. The number of carbonyl (C=O) groups is 1. The summed E-state index contributed by atoms with van der Waals surface area (Å²) >= 11 is 0. The van der Waals surface area contributed by atoms with Crippen LogP contribution in [-0.2, 0) is 19.0 Å². The van der Waals surface area contributed by atoms with E-state index >= 15 is 0 Å². The second-order valence-corrected chi connectivity index (χ2v) is 6.47. The van der Waals surface area contributed by atoms with Crippen molar-refractivity contribution in [3.8, 4) is 0 Å². The van der Waals surface area contributed by atoms with Crippen LogP contribution in [0.5, 0.6) is 0 Å². The SMILES string of the molecule is CC(=O)O[C@@H](CC/C(C)=C/CO[C@H]1CCCCO1)C(C)(C)O. The maximum absolute atomic E-state index is 11.1.